The van der Waals surface area contributed by atoms with Gasteiger partial charge in [-0.3, -0.25) is 4.98 Å². The minimum Gasteiger partial charge on any atom is -0.316 e. The molecule has 1 heterocycles. The van der Waals surface area contributed by atoms with Gasteiger partial charge >= 0.3 is 0 Å². The molecular formula is C12H21N3S. The lowest BCUT2D eigenvalue weighted by Gasteiger charge is -2.06. The van der Waals surface area contributed by atoms with Crippen LogP contribution >= 0.6 is 11.8 Å². The monoisotopic (exact) mass is 239 g/mol. The molecule has 90 valence electrons. The van der Waals surface area contributed by atoms with E-state index in [1.165, 1.54) is 12.8 Å². The van der Waals surface area contributed by atoms with Crippen molar-refractivity contribution in [3.05, 3.63) is 18.6 Å². The summed E-state index contributed by atoms with van der Waals surface area (Å²) in [6.45, 7) is 6.71. The number of nitrogens with one attached hydrogen (secondary N) is 1. The second-order valence-corrected chi connectivity index (χ2v) is 5.31. The molecule has 0 saturated carbocycles. The van der Waals surface area contributed by atoms with E-state index >= 15 is 0 Å². The smallest absolute Gasteiger partial charge is 0.114 e. The van der Waals surface area contributed by atoms with E-state index < -0.39 is 0 Å². The number of hydrogen-bond donors (Lipinski definition) is 1. The van der Waals surface area contributed by atoms with E-state index in [2.05, 4.69) is 29.1 Å². The van der Waals surface area contributed by atoms with Crippen molar-refractivity contribution in [1.82, 2.24) is 15.3 Å². The number of thioether (sulfide) groups is 1. The molecule has 1 aromatic rings. The van der Waals surface area contributed by atoms with Gasteiger partial charge in [-0.25, -0.2) is 4.98 Å². The van der Waals surface area contributed by atoms with Crippen LogP contribution in [0, 0.1) is 5.92 Å². The van der Waals surface area contributed by atoms with Crippen LogP contribution in [0.25, 0.3) is 0 Å². The second-order valence-electron chi connectivity index (χ2n) is 4.20. The fourth-order valence-corrected chi connectivity index (χ4v) is 2.11. The van der Waals surface area contributed by atoms with Gasteiger partial charge in [0.1, 0.15) is 5.03 Å². The largest absolute Gasteiger partial charge is 0.316 e. The molecule has 4 heteroatoms. The molecule has 0 unspecified atom stereocenters. The summed E-state index contributed by atoms with van der Waals surface area (Å²) in [4.78, 5) is 8.26. The molecule has 0 aliphatic heterocycles. The van der Waals surface area contributed by atoms with Gasteiger partial charge in [-0.2, -0.15) is 0 Å². The molecule has 0 aliphatic carbocycles. The molecule has 0 saturated heterocycles. The number of hydrogen-bond acceptors (Lipinski definition) is 4. The van der Waals surface area contributed by atoms with Gasteiger partial charge in [-0.05, 0) is 37.6 Å². The van der Waals surface area contributed by atoms with Gasteiger partial charge in [0, 0.05) is 12.4 Å². The van der Waals surface area contributed by atoms with E-state index in [9.17, 15) is 0 Å². The molecule has 1 aromatic heterocycles. The molecule has 0 aliphatic rings. The predicted molar refractivity (Wildman–Crippen MR) is 69.7 cm³/mol. The van der Waals surface area contributed by atoms with E-state index in [0.717, 1.165) is 29.8 Å². The Labute approximate surface area is 102 Å². The molecule has 1 rings (SSSR count). The van der Waals surface area contributed by atoms with Crippen molar-refractivity contribution >= 4 is 11.8 Å². The average Bonchev–Trinajstić information content (AvgIpc) is 2.29. The van der Waals surface area contributed by atoms with Crippen molar-refractivity contribution < 1.29 is 0 Å². The maximum Gasteiger partial charge on any atom is 0.114 e. The first kappa shape index (κ1) is 13.5. The topological polar surface area (TPSA) is 37.8 Å². The number of rotatable bonds is 8. The second kappa shape index (κ2) is 8.53. The zero-order valence-electron chi connectivity index (χ0n) is 10.1. The van der Waals surface area contributed by atoms with Crippen molar-refractivity contribution in [3.8, 4) is 0 Å². The van der Waals surface area contributed by atoms with Crippen LogP contribution in [0.5, 0.6) is 0 Å². The van der Waals surface area contributed by atoms with Crippen LogP contribution in [0.2, 0.25) is 0 Å². The fourth-order valence-electron chi connectivity index (χ4n) is 1.28. The summed E-state index contributed by atoms with van der Waals surface area (Å²) in [6.07, 6.45) is 7.74. The fraction of sp³-hybridized carbons (Fsp3) is 0.667. The average molecular weight is 239 g/mol. The zero-order chi connectivity index (χ0) is 11.6. The first-order valence-electron chi connectivity index (χ1n) is 5.88. The third-order valence-corrected chi connectivity index (χ3v) is 3.09. The minimum atomic E-state index is 0.744. The predicted octanol–water partition coefficient (Wildman–Crippen LogP) is 2.59. The Bertz CT molecular complexity index is 264. The lowest BCUT2D eigenvalue weighted by atomic mass is 10.2. The Balaban J connectivity index is 1.93. The molecule has 0 spiro atoms. The number of aromatic nitrogens is 2. The number of unbranched alkanes of at least 4 members (excludes halogenated alkanes) is 1. The van der Waals surface area contributed by atoms with Gasteiger partial charge in [0.2, 0.25) is 0 Å². The van der Waals surface area contributed by atoms with Gasteiger partial charge in [-0.15, -0.1) is 11.8 Å². The van der Waals surface area contributed by atoms with Crippen molar-refractivity contribution in [2.45, 2.75) is 31.7 Å². The van der Waals surface area contributed by atoms with E-state index in [-0.39, 0.29) is 0 Å². The highest BCUT2D eigenvalue weighted by Crippen LogP contribution is 2.14. The Morgan fingerprint density at radius 1 is 1.31 bits per heavy atom. The van der Waals surface area contributed by atoms with Crippen molar-refractivity contribution in [2.75, 3.05) is 18.8 Å². The summed E-state index contributed by atoms with van der Waals surface area (Å²) in [5, 5.41) is 4.47. The summed E-state index contributed by atoms with van der Waals surface area (Å²) >= 11 is 1.78. The van der Waals surface area contributed by atoms with Gasteiger partial charge in [0.05, 0.1) is 6.20 Å². The molecule has 0 amide bonds. The van der Waals surface area contributed by atoms with Gasteiger partial charge in [0.25, 0.3) is 0 Å². The highest BCUT2D eigenvalue weighted by atomic mass is 32.2. The van der Waals surface area contributed by atoms with Crippen molar-refractivity contribution in [3.63, 3.8) is 0 Å². The molecule has 0 fully saturated rings. The first-order chi connectivity index (χ1) is 7.79. The van der Waals surface area contributed by atoms with Crippen LogP contribution in [0.15, 0.2) is 23.6 Å². The molecule has 0 aromatic carbocycles. The van der Waals surface area contributed by atoms with E-state index in [4.69, 9.17) is 0 Å². The van der Waals surface area contributed by atoms with Gasteiger partial charge in [-0.1, -0.05) is 13.8 Å². The van der Waals surface area contributed by atoms with Crippen molar-refractivity contribution in [2.24, 2.45) is 5.92 Å². The maximum atomic E-state index is 4.22. The number of nitrogens with zero attached hydrogens (tertiary/aromatic N) is 2. The molecule has 16 heavy (non-hydrogen) atoms. The van der Waals surface area contributed by atoms with Crippen LogP contribution < -0.4 is 5.32 Å². The summed E-state index contributed by atoms with van der Waals surface area (Å²) in [5.41, 5.74) is 0. The summed E-state index contributed by atoms with van der Waals surface area (Å²) in [5.74, 6) is 1.87. The van der Waals surface area contributed by atoms with E-state index in [1.807, 2.05) is 6.20 Å². The summed E-state index contributed by atoms with van der Waals surface area (Å²) in [6, 6.07) is 0. The lowest BCUT2D eigenvalue weighted by Crippen LogP contribution is -2.20. The van der Waals surface area contributed by atoms with Gasteiger partial charge in [0.15, 0.2) is 0 Å². The third kappa shape index (κ3) is 6.80. The van der Waals surface area contributed by atoms with Crippen LogP contribution in [0.1, 0.15) is 26.7 Å². The SMILES string of the molecule is CC(C)CNCCCCSc1cnccn1. The highest BCUT2D eigenvalue weighted by molar-refractivity contribution is 7.99. The van der Waals surface area contributed by atoms with Crippen LogP contribution in [0.4, 0.5) is 0 Å². The highest BCUT2D eigenvalue weighted by Gasteiger charge is 1.95. The van der Waals surface area contributed by atoms with E-state index in [1.54, 1.807) is 24.2 Å². The molecule has 0 atom stereocenters. The first-order valence-corrected chi connectivity index (χ1v) is 6.87. The zero-order valence-corrected chi connectivity index (χ0v) is 11.0. The normalized spacial score (nSPS) is 10.9. The molecule has 1 N–H and O–H groups in total. The molecule has 0 radical (unpaired) electrons. The molecule has 0 bridgehead atoms. The minimum absolute atomic E-state index is 0.744. The van der Waals surface area contributed by atoms with Crippen LogP contribution in [-0.4, -0.2) is 28.8 Å². The molecular weight excluding hydrogens is 218 g/mol. The van der Waals surface area contributed by atoms with Crippen LogP contribution in [0.3, 0.4) is 0 Å². The maximum absolute atomic E-state index is 4.22. The Hall–Kier alpha value is -0.610. The van der Waals surface area contributed by atoms with Crippen LogP contribution in [-0.2, 0) is 0 Å². The van der Waals surface area contributed by atoms with E-state index in [0.29, 0.717) is 0 Å². The van der Waals surface area contributed by atoms with Crippen molar-refractivity contribution in [1.29, 1.82) is 0 Å². The summed E-state index contributed by atoms with van der Waals surface area (Å²) < 4.78 is 0. The third-order valence-electron chi connectivity index (χ3n) is 2.09. The Kier molecular flexibility index (Phi) is 7.17. The molecule has 3 nitrogen and oxygen atoms in total. The lowest BCUT2D eigenvalue weighted by molar-refractivity contribution is 0.541. The quantitative estimate of drug-likeness (QED) is 0.559. The summed E-state index contributed by atoms with van der Waals surface area (Å²) in [7, 11) is 0. The van der Waals surface area contributed by atoms with Gasteiger partial charge < -0.3 is 5.32 Å². The Morgan fingerprint density at radius 2 is 2.19 bits per heavy atom. The Morgan fingerprint density at radius 3 is 2.88 bits per heavy atom. The standard InChI is InChI=1S/C12H21N3S/c1-11(2)9-13-5-3-4-8-16-12-10-14-6-7-15-12/h6-7,10-11,13H,3-5,8-9H2,1-2H3.